The zero-order chi connectivity index (χ0) is 12.3. The van der Waals surface area contributed by atoms with E-state index in [1.54, 1.807) is 18.0 Å². The van der Waals surface area contributed by atoms with Gasteiger partial charge in [-0.05, 0) is 6.07 Å². The minimum absolute atomic E-state index is 0.106. The smallest absolute Gasteiger partial charge is 0.132 e. The van der Waals surface area contributed by atoms with Crippen molar-refractivity contribution in [2.75, 3.05) is 7.11 Å². The van der Waals surface area contributed by atoms with Gasteiger partial charge in [-0.3, -0.25) is 0 Å². The number of aliphatic hydroxyl groups is 1. The highest BCUT2D eigenvalue weighted by molar-refractivity contribution is 6.30. The Labute approximate surface area is 104 Å². The van der Waals surface area contributed by atoms with Gasteiger partial charge in [-0.25, -0.2) is 4.68 Å². The minimum Gasteiger partial charge on any atom is -0.496 e. The van der Waals surface area contributed by atoms with E-state index in [2.05, 4.69) is 5.10 Å². The van der Waals surface area contributed by atoms with E-state index in [1.165, 1.54) is 0 Å². The number of hydrogen-bond donors (Lipinski definition) is 1. The molecule has 0 aliphatic heterocycles. The molecule has 90 valence electrons. The molecule has 0 atom stereocenters. The van der Waals surface area contributed by atoms with Crippen LogP contribution in [-0.4, -0.2) is 22.0 Å². The maximum Gasteiger partial charge on any atom is 0.132 e. The Bertz CT molecular complexity index is 511. The summed E-state index contributed by atoms with van der Waals surface area (Å²) in [6, 6.07) is 7.68. The highest BCUT2D eigenvalue weighted by Gasteiger charge is 2.09. The third-order valence-electron chi connectivity index (χ3n) is 2.53. The number of halogens is 1. The lowest BCUT2D eigenvalue weighted by Crippen LogP contribution is -2.03. The number of para-hydroxylation sites is 1. The molecule has 2 rings (SSSR count). The van der Waals surface area contributed by atoms with E-state index in [-0.39, 0.29) is 6.61 Å². The van der Waals surface area contributed by atoms with Crippen LogP contribution in [-0.2, 0) is 13.2 Å². The molecule has 1 aromatic heterocycles. The molecule has 0 saturated carbocycles. The first-order valence-corrected chi connectivity index (χ1v) is 5.57. The Morgan fingerprint density at radius 2 is 2.12 bits per heavy atom. The molecule has 4 nitrogen and oxygen atoms in total. The second-order valence-electron chi connectivity index (χ2n) is 3.59. The Kier molecular flexibility index (Phi) is 3.66. The van der Waals surface area contributed by atoms with Crippen LogP contribution in [0.4, 0.5) is 0 Å². The van der Waals surface area contributed by atoms with Crippen molar-refractivity contribution in [3.05, 3.63) is 46.7 Å². The zero-order valence-electron chi connectivity index (χ0n) is 9.43. The summed E-state index contributed by atoms with van der Waals surface area (Å²) in [5.74, 6) is 0.796. The fourth-order valence-electron chi connectivity index (χ4n) is 1.62. The average molecular weight is 253 g/mol. The molecule has 5 heteroatoms. The Morgan fingerprint density at radius 1 is 1.35 bits per heavy atom. The van der Waals surface area contributed by atoms with E-state index in [0.717, 1.165) is 11.3 Å². The summed E-state index contributed by atoms with van der Waals surface area (Å²) < 4.78 is 6.89. The van der Waals surface area contributed by atoms with Gasteiger partial charge in [0.15, 0.2) is 0 Å². The molecule has 0 amide bonds. The van der Waals surface area contributed by atoms with Gasteiger partial charge < -0.3 is 9.84 Å². The second kappa shape index (κ2) is 5.21. The molecule has 0 radical (unpaired) electrons. The molecule has 1 aromatic carbocycles. The summed E-state index contributed by atoms with van der Waals surface area (Å²) in [5.41, 5.74) is 1.62. The van der Waals surface area contributed by atoms with Crippen LogP contribution in [0.5, 0.6) is 5.75 Å². The number of rotatable bonds is 4. The standard InChI is InChI=1S/C12H13ClN2O2/c1-17-11-5-3-2-4-9(11)7-15-12(13)10(8-16)6-14-15/h2-6,16H,7-8H2,1H3. The highest BCUT2D eigenvalue weighted by atomic mass is 35.5. The van der Waals surface area contributed by atoms with Crippen molar-refractivity contribution in [2.24, 2.45) is 0 Å². The molecule has 0 unspecified atom stereocenters. The van der Waals surface area contributed by atoms with Gasteiger partial charge in [0, 0.05) is 11.1 Å². The molecule has 0 bridgehead atoms. The molecule has 1 heterocycles. The largest absolute Gasteiger partial charge is 0.496 e. The molecular formula is C12H13ClN2O2. The Balaban J connectivity index is 2.28. The number of benzene rings is 1. The van der Waals surface area contributed by atoms with E-state index in [0.29, 0.717) is 17.3 Å². The van der Waals surface area contributed by atoms with Crippen molar-refractivity contribution in [1.29, 1.82) is 0 Å². The summed E-state index contributed by atoms with van der Waals surface area (Å²) in [4.78, 5) is 0. The van der Waals surface area contributed by atoms with Gasteiger partial charge in [-0.2, -0.15) is 5.10 Å². The van der Waals surface area contributed by atoms with Gasteiger partial charge in [-0.15, -0.1) is 0 Å². The van der Waals surface area contributed by atoms with Gasteiger partial charge in [0.2, 0.25) is 0 Å². The van der Waals surface area contributed by atoms with Crippen LogP contribution in [0.15, 0.2) is 30.5 Å². The molecule has 0 aliphatic carbocycles. The van der Waals surface area contributed by atoms with Gasteiger partial charge in [0.25, 0.3) is 0 Å². The fraction of sp³-hybridized carbons (Fsp3) is 0.250. The maximum atomic E-state index is 9.04. The number of aliphatic hydroxyl groups excluding tert-OH is 1. The summed E-state index contributed by atoms with van der Waals surface area (Å²) in [6.45, 7) is 0.410. The lowest BCUT2D eigenvalue weighted by molar-refractivity contribution is 0.282. The Morgan fingerprint density at radius 3 is 2.76 bits per heavy atom. The number of ether oxygens (including phenoxy) is 1. The van der Waals surface area contributed by atoms with Crippen LogP contribution in [0.2, 0.25) is 5.15 Å². The van der Waals surface area contributed by atoms with Gasteiger partial charge >= 0.3 is 0 Å². The van der Waals surface area contributed by atoms with Crippen LogP contribution in [0, 0.1) is 0 Å². The van der Waals surface area contributed by atoms with Crippen molar-refractivity contribution in [2.45, 2.75) is 13.2 Å². The molecule has 0 fully saturated rings. The third kappa shape index (κ3) is 2.43. The van der Waals surface area contributed by atoms with E-state index < -0.39 is 0 Å². The first kappa shape index (κ1) is 12.0. The monoisotopic (exact) mass is 252 g/mol. The van der Waals surface area contributed by atoms with Gasteiger partial charge in [-0.1, -0.05) is 29.8 Å². The third-order valence-corrected chi connectivity index (χ3v) is 2.97. The Hall–Kier alpha value is -1.52. The SMILES string of the molecule is COc1ccccc1Cn1ncc(CO)c1Cl. The molecule has 0 spiro atoms. The minimum atomic E-state index is -0.106. The molecule has 0 saturated heterocycles. The van der Waals surface area contributed by atoms with Crippen molar-refractivity contribution < 1.29 is 9.84 Å². The summed E-state index contributed by atoms with van der Waals surface area (Å²) >= 11 is 6.07. The van der Waals surface area contributed by atoms with E-state index in [1.807, 2.05) is 24.3 Å². The number of methoxy groups -OCH3 is 1. The molecular weight excluding hydrogens is 240 g/mol. The fourth-order valence-corrected chi connectivity index (χ4v) is 1.83. The lowest BCUT2D eigenvalue weighted by Gasteiger charge is -2.08. The summed E-state index contributed by atoms with van der Waals surface area (Å²) in [6.07, 6.45) is 1.57. The van der Waals surface area contributed by atoms with Crippen LogP contribution in [0.1, 0.15) is 11.1 Å². The maximum absolute atomic E-state index is 9.04. The van der Waals surface area contributed by atoms with Gasteiger partial charge in [0.05, 0.1) is 26.5 Å². The molecule has 0 aliphatic rings. The first-order valence-electron chi connectivity index (χ1n) is 5.19. The number of hydrogen-bond acceptors (Lipinski definition) is 3. The van der Waals surface area contributed by atoms with Crippen molar-refractivity contribution in [3.63, 3.8) is 0 Å². The van der Waals surface area contributed by atoms with Crippen LogP contribution in [0.3, 0.4) is 0 Å². The van der Waals surface area contributed by atoms with Crippen molar-refractivity contribution in [1.82, 2.24) is 9.78 Å². The first-order chi connectivity index (χ1) is 8.26. The van der Waals surface area contributed by atoms with E-state index in [4.69, 9.17) is 21.4 Å². The van der Waals surface area contributed by atoms with Crippen molar-refractivity contribution in [3.8, 4) is 5.75 Å². The normalized spacial score (nSPS) is 10.5. The molecule has 2 aromatic rings. The highest BCUT2D eigenvalue weighted by Crippen LogP contribution is 2.21. The predicted molar refractivity (Wildman–Crippen MR) is 65.3 cm³/mol. The van der Waals surface area contributed by atoms with E-state index >= 15 is 0 Å². The number of nitrogens with zero attached hydrogens (tertiary/aromatic N) is 2. The van der Waals surface area contributed by atoms with Crippen LogP contribution >= 0.6 is 11.6 Å². The van der Waals surface area contributed by atoms with Crippen molar-refractivity contribution >= 4 is 11.6 Å². The topological polar surface area (TPSA) is 47.3 Å². The predicted octanol–water partition coefficient (Wildman–Crippen LogP) is 2.09. The lowest BCUT2D eigenvalue weighted by atomic mass is 10.2. The summed E-state index contributed by atoms with van der Waals surface area (Å²) in [5, 5.41) is 13.6. The van der Waals surface area contributed by atoms with Gasteiger partial charge in [0.1, 0.15) is 10.9 Å². The van der Waals surface area contributed by atoms with Crippen LogP contribution in [0.25, 0.3) is 0 Å². The summed E-state index contributed by atoms with van der Waals surface area (Å²) in [7, 11) is 1.63. The second-order valence-corrected chi connectivity index (χ2v) is 3.95. The van der Waals surface area contributed by atoms with Crippen LogP contribution < -0.4 is 4.74 Å². The van der Waals surface area contributed by atoms with E-state index in [9.17, 15) is 0 Å². The molecule has 17 heavy (non-hydrogen) atoms. The zero-order valence-corrected chi connectivity index (χ0v) is 10.2. The molecule has 1 N–H and O–H groups in total. The average Bonchev–Trinajstić information content (AvgIpc) is 2.71. The quantitative estimate of drug-likeness (QED) is 0.906. The number of aromatic nitrogens is 2.